The van der Waals surface area contributed by atoms with Gasteiger partial charge in [-0.25, -0.2) is 4.79 Å². The maximum absolute atomic E-state index is 11.6. The highest BCUT2D eigenvalue weighted by atomic mass is 16.2. The molecule has 0 bridgehead atoms. The standard InChI is InChI=1S/C10H21N3O/c1-4-11-9-5-7-13(8-6-9)10(14)12(2)3/h9,11H,4-8H2,1-3H3. The zero-order valence-corrected chi connectivity index (χ0v) is 9.42. The van der Waals surface area contributed by atoms with Gasteiger partial charge in [0.05, 0.1) is 0 Å². The van der Waals surface area contributed by atoms with Gasteiger partial charge in [0, 0.05) is 33.2 Å². The van der Waals surface area contributed by atoms with Gasteiger partial charge in [-0.3, -0.25) is 0 Å². The van der Waals surface area contributed by atoms with Crippen molar-refractivity contribution in [3.8, 4) is 0 Å². The van der Waals surface area contributed by atoms with Crippen LogP contribution >= 0.6 is 0 Å². The topological polar surface area (TPSA) is 35.6 Å². The Bertz CT molecular complexity index is 186. The highest BCUT2D eigenvalue weighted by Crippen LogP contribution is 2.11. The van der Waals surface area contributed by atoms with E-state index in [1.165, 1.54) is 0 Å². The summed E-state index contributed by atoms with van der Waals surface area (Å²) in [4.78, 5) is 15.2. The summed E-state index contributed by atoms with van der Waals surface area (Å²) in [6.07, 6.45) is 2.15. The van der Waals surface area contributed by atoms with E-state index in [0.29, 0.717) is 6.04 Å². The van der Waals surface area contributed by atoms with Crippen molar-refractivity contribution < 1.29 is 4.79 Å². The van der Waals surface area contributed by atoms with Crippen molar-refractivity contribution in [2.45, 2.75) is 25.8 Å². The second-order valence-corrected chi connectivity index (χ2v) is 4.00. The normalized spacial score (nSPS) is 18.4. The predicted molar refractivity (Wildman–Crippen MR) is 57.4 cm³/mol. The van der Waals surface area contributed by atoms with Gasteiger partial charge in [-0.05, 0) is 19.4 Å². The summed E-state index contributed by atoms with van der Waals surface area (Å²) in [5.41, 5.74) is 0. The molecule has 1 fully saturated rings. The third kappa shape index (κ3) is 2.87. The average molecular weight is 199 g/mol. The van der Waals surface area contributed by atoms with Gasteiger partial charge in [0.25, 0.3) is 0 Å². The first kappa shape index (κ1) is 11.3. The molecule has 0 radical (unpaired) electrons. The number of rotatable bonds is 2. The molecular formula is C10H21N3O. The van der Waals surface area contributed by atoms with Gasteiger partial charge in [0.2, 0.25) is 0 Å². The smallest absolute Gasteiger partial charge is 0.319 e. The lowest BCUT2D eigenvalue weighted by atomic mass is 10.1. The van der Waals surface area contributed by atoms with Crippen LogP contribution in [-0.4, -0.2) is 55.6 Å². The molecule has 1 N–H and O–H groups in total. The number of nitrogens with zero attached hydrogens (tertiary/aromatic N) is 2. The molecule has 2 amide bonds. The lowest BCUT2D eigenvalue weighted by Gasteiger charge is -2.33. The Labute approximate surface area is 86.2 Å². The Hall–Kier alpha value is -0.770. The number of nitrogens with one attached hydrogen (secondary N) is 1. The second kappa shape index (κ2) is 5.20. The summed E-state index contributed by atoms with van der Waals surface area (Å²) >= 11 is 0. The van der Waals surface area contributed by atoms with Gasteiger partial charge in [-0.1, -0.05) is 6.92 Å². The molecule has 0 atom stereocenters. The average Bonchev–Trinajstić information content (AvgIpc) is 2.18. The molecule has 0 aromatic carbocycles. The second-order valence-electron chi connectivity index (χ2n) is 4.00. The zero-order chi connectivity index (χ0) is 10.6. The fourth-order valence-corrected chi connectivity index (χ4v) is 1.85. The highest BCUT2D eigenvalue weighted by molar-refractivity contribution is 5.73. The van der Waals surface area contributed by atoms with Gasteiger partial charge >= 0.3 is 6.03 Å². The van der Waals surface area contributed by atoms with Crippen LogP contribution < -0.4 is 5.32 Å². The van der Waals surface area contributed by atoms with Gasteiger partial charge < -0.3 is 15.1 Å². The first-order valence-electron chi connectivity index (χ1n) is 5.34. The van der Waals surface area contributed by atoms with Crippen LogP contribution in [0.2, 0.25) is 0 Å². The van der Waals surface area contributed by atoms with E-state index < -0.39 is 0 Å². The molecule has 0 spiro atoms. The maximum atomic E-state index is 11.6. The van der Waals surface area contributed by atoms with E-state index in [2.05, 4.69) is 12.2 Å². The van der Waals surface area contributed by atoms with Crippen molar-refractivity contribution >= 4 is 6.03 Å². The molecule has 0 aromatic rings. The van der Waals surface area contributed by atoms with Crippen molar-refractivity contribution in [3.05, 3.63) is 0 Å². The lowest BCUT2D eigenvalue weighted by molar-refractivity contribution is 0.153. The van der Waals surface area contributed by atoms with Gasteiger partial charge in [-0.15, -0.1) is 0 Å². The van der Waals surface area contributed by atoms with Crippen LogP contribution in [0.3, 0.4) is 0 Å². The highest BCUT2D eigenvalue weighted by Gasteiger charge is 2.22. The molecule has 0 saturated carbocycles. The Balaban J connectivity index is 2.32. The van der Waals surface area contributed by atoms with Crippen LogP contribution in [-0.2, 0) is 0 Å². The molecular weight excluding hydrogens is 178 g/mol. The van der Waals surface area contributed by atoms with E-state index in [9.17, 15) is 4.79 Å². The van der Waals surface area contributed by atoms with Crippen LogP contribution in [0, 0.1) is 0 Å². The first-order chi connectivity index (χ1) is 6.65. The Morgan fingerprint density at radius 2 is 2.00 bits per heavy atom. The SMILES string of the molecule is CCNC1CCN(C(=O)N(C)C)CC1. The van der Waals surface area contributed by atoms with Crippen molar-refractivity contribution in [2.75, 3.05) is 33.7 Å². The minimum Gasteiger partial charge on any atom is -0.331 e. The molecule has 1 aliphatic rings. The summed E-state index contributed by atoms with van der Waals surface area (Å²) in [5.74, 6) is 0. The van der Waals surface area contributed by atoms with E-state index in [4.69, 9.17) is 0 Å². The summed E-state index contributed by atoms with van der Waals surface area (Å²) in [7, 11) is 3.61. The van der Waals surface area contributed by atoms with Crippen LogP contribution in [0.5, 0.6) is 0 Å². The van der Waals surface area contributed by atoms with Crippen LogP contribution in [0.15, 0.2) is 0 Å². The number of hydrogen-bond donors (Lipinski definition) is 1. The van der Waals surface area contributed by atoms with Crippen LogP contribution in [0.25, 0.3) is 0 Å². The van der Waals surface area contributed by atoms with E-state index in [-0.39, 0.29) is 6.03 Å². The fourth-order valence-electron chi connectivity index (χ4n) is 1.85. The lowest BCUT2D eigenvalue weighted by Crippen LogP contribution is -2.48. The number of likely N-dealkylation sites (tertiary alicyclic amines) is 1. The molecule has 0 unspecified atom stereocenters. The molecule has 14 heavy (non-hydrogen) atoms. The van der Waals surface area contributed by atoms with Crippen LogP contribution in [0.1, 0.15) is 19.8 Å². The monoisotopic (exact) mass is 199 g/mol. The van der Waals surface area contributed by atoms with Crippen molar-refractivity contribution in [2.24, 2.45) is 0 Å². The molecule has 4 nitrogen and oxygen atoms in total. The summed E-state index contributed by atoms with van der Waals surface area (Å²) < 4.78 is 0. The Kier molecular flexibility index (Phi) is 4.20. The van der Waals surface area contributed by atoms with Gasteiger partial charge in [0.1, 0.15) is 0 Å². The van der Waals surface area contributed by atoms with E-state index in [1.807, 2.05) is 4.90 Å². The molecule has 0 aliphatic carbocycles. The largest absolute Gasteiger partial charge is 0.331 e. The van der Waals surface area contributed by atoms with Gasteiger partial charge in [-0.2, -0.15) is 0 Å². The van der Waals surface area contributed by atoms with E-state index in [0.717, 1.165) is 32.5 Å². The van der Waals surface area contributed by atoms with Crippen molar-refractivity contribution in [1.82, 2.24) is 15.1 Å². The predicted octanol–water partition coefficient (Wildman–Crippen LogP) is 0.742. The van der Waals surface area contributed by atoms with Gasteiger partial charge in [0.15, 0.2) is 0 Å². The first-order valence-corrected chi connectivity index (χ1v) is 5.34. The van der Waals surface area contributed by atoms with Crippen molar-refractivity contribution in [1.29, 1.82) is 0 Å². The molecule has 1 saturated heterocycles. The summed E-state index contributed by atoms with van der Waals surface area (Å²) in [6, 6.07) is 0.742. The summed E-state index contributed by atoms with van der Waals surface area (Å²) in [5, 5.41) is 3.42. The minimum atomic E-state index is 0.139. The fraction of sp³-hybridized carbons (Fsp3) is 0.900. The molecule has 1 aliphatic heterocycles. The molecule has 1 heterocycles. The molecule has 0 aromatic heterocycles. The summed E-state index contributed by atoms with van der Waals surface area (Å²) in [6.45, 7) is 4.91. The number of hydrogen-bond acceptors (Lipinski definition) is 2. The van der Waals surface area contributed by atoms with E-state index in [1.54, 1.807) is 19.0 Å². The number of urea groups is 1. The zero-order valence-electron chi connectivity index (χ0n) is 9.42. The number of amides is 2. The number of carbonyl (C=O) groups excluding carboxylic acids is 1. The number of piperidine rings is 1. The third-order valence-electron chi connectivity index (χ3n) is 2.64. The minimum absolute atomic E-state index is 0.139. The Morgan fingerprint density at radius 1 is 1.43 bits per heavy atom. The Morgan fingerprint density at radius 3 is 2.43 bits per heavy atom. The maximum Gasteiger partial charge on any atom is 0.319 e. The van der Waals surface area contributed by atoms with E-state index >= 15 is 0 Å². The molecule has 82 valence electrons. The molecule has 1 rings (SSSR count). The quantitative estimate of drug-likeness (QED) is 0.712. The number of carbonyl (C=O) groups is 1. The van der Waals surface area contributed by atoms with Crippen molar-refractivity contribution in [3.63, 3.8) is 0 Å². The molecule has 4 heteroatoms. The van der Waals surface area contributed by atoms with Crippen LogP contribution in [0.4, 0.5) is 4.79 Å². The third-order valence-corrected chi connectivity index (χ3v) is 2.64.